The number of carbonyl (C=O) groups excluding carboxylic acids is 1. The molecule has 1 aliphatic heterocycles. The Morgan fingerprint density at radius 3 is 2.50 bits per heavy atom. The molecule has 172 valence electrons. The van der Waals surface area contributed by atoms with Gasteiger partial charge in [0.2, 0.25) is 0 Å². The second kappa shape index (κ2) is 8.90. The van der Waals surface area contributed by atoms with Crippen LogP contribution in [-0.4, -0.2) is 33.7 Å². The van der Waals surface area contributed by atoms with Gasteiger partial charge in [0.05, 0.1) is 5.56 Å². The number of rotatable bonds is 5. The van der Waals surface area contributed by atoms with Crippen LogP contribution in [0.4, 0.5) is 5.69 Å². The summed E-state index contributed by atoms with van der Waals surface area (Å²) in [5, 5.41) is 3.02. The van der Waals surface area contributed by atoms with Gasteiger partial charge in [-0.1, -0.05) is 0 Å². The SMILES string of the molecule is Cc1cc(Oc2ncccn2)ccc1NC(=O)c1cc(C)n(-c2ccc3c(c2)OCCO3)c1C. The van der Waals surface area contributed by atoms with E-state index in [0.717, 1.165) is 28.4 Å². The summed E-state index contributed by atoms with van der Waals surface area (Å²) in [6.07, 6.45) is 3.23. The Morgan fingerprint density at radius 1 is 0.971 bits per heavy atom. The van der Waals surface area contributed by atoms with E-state index in [0.29, 0.717) is 36.0 Å². The van der Waals surface area contributed by atoms with Crippen molar-refractivity contribution in [1.82, 2.24) is 14.5 Å². The molecule has 3 heterocycles. The van der Waals surface area contributed by atoms with Crippen molar-refractivity contribution in [3.05, 3.63) is 83.4 Å². The van der Waals surface area contributed by atoms with E-state index in [2.05, 4.69) is 15.3 Å². The van der Waals surface area contributed by atoms with Gasteiger partial charge in [-0.15, -0.1) is 0 Å². The van der Waals surface area contributed by atoms with Crippen LogP contribution in [0.1, 0.15) is 27.3 Å². The van der Waals surface area contributed by atoms with E-state index in [4.69, 9.17) is 14.2 Å². The maximum atomic E-state index is 13.2. The first-order chi connectivity index (χ1) is 16.5. The van der Waals surface area contributed by atoms with E-state index < -0.39 is 0 Å². The Balaban J connectivity index is 1.36. The summed E-state index contributed by atoms with van der Waals surface area (Å²) < 4.78 is 19.1. The zero-order valence-electron chi connectivity index (χ0n) is 19.2. The second-order valence-corrected chi connectivity index (χ2v) is 8.01. The largest absolute Gasteiger partial charge is 0.486 e. The molecule has 1 aliphatic rings. The molecule has 0 fully saturated rings. The normalized spacial score (nSPS) is 12.3. The number of amides is 1. The molecule has 0 bridgehead atoms. The minimum Gasteiger partial charge on any atom is -0.486 e. The van der Waals surface area contributed by atoms with Crippen LogP contribution < -0.4 is 19.5 Å². The monoisotopic (exact) mass is 456 g/mol. The molecular formula is C26H24N4O4. The maximum Gasteiger partial charge on any atom is 0.321 e. The van der Waals surface area contributed by atoms with Gasteiger partial charge in [0.1, 0.15) is 19.0 Å². The first-order valence-corrected chi connectivity index (χ1v) is 11.0. The molecule has 0 radical (unpaired) electrons. The molecule has 8 heteroatoms. The third-order valence-corrected chi connectivity index (χ3v) is 5.66. The zero-order valence-corrected chi connectivity index (χ0v) is 19.2. The van der Waals surface area contributed by atoms with Crippen LogP contribution in [0.5, 0.6) is 23.3 Å². The quantitative estimate of drug-likeness (QED) is 0.454. The van der Waals surface area contributed by atoms with Crippen LogP contribution in [0.15, 0.2) is 60.9 Å². The number of nitrogens with one attached hydrogen (secondary N) is 1. The average molecular weight is 457 g/mol. The molecule has 4 aromatic rings. The standard InChI is InChI=1S/C26H24N4O4/c1-16-13-20(34-26-27-9-4-10-28-26)6-7-22(16)29-25(31)21-14-17(2)30(18(21)3)19-5-8-23-24(15-19)33-12-11-32-23/h4-10,13-15H,11-12H2,1-3H3,(H,29,31). The number of fused-ring (bicyclic) bond motifs is 1. The Hall–Kier alpha value is -4.33. The molecule has 0 spiro atoms. The molecule has 0 atom stereocenters. The molecular weight excluding hydrogens is 432 g/mol. The number of nitrogens with zero attached hydrogens (tertiary/aromatic N) is 3. The first kappa shape index (κ1) is 21.5. The van der Waals surface area contributed by atoms with Crippen LogP contribution >= 0.6 is 0 Å². The maximum absolute atomic E-state index is 13.2. The number of aromatic nitrogens is 3. The fraction of sp³-hybridized carbons (Fsp3) is 0.192. The van der Waals surface area contributed by atoms with E-state index in [1.54, 1.807) is 24.5 Å². The van der Waals surface area contributed by atoms with Crippen LogP contribution in [0.25, 0.3) is 5.69 Å². The third kappa shape index (κ3) is 4.17. The van der Waals surface area contributed by atoms with Crippen molar-refractivity contribution in [2.75, 3.05) is 18.5 Å². The Labute approximate surface area is 197 Å². The van der Waals surface area contributed by atoms with Gasteiger partial charge >= 0.3 is 6.01 Å². The number of aryl methyl sites for hydroxylation is 2. The smallest absolute Gasteiger partial charge is 0.321 e. The zero-order chi connectivity index (χ0) is 23.7. The van der Waals surface area contributed by atoms with E-state index >= 15 is 0 Å². The van der Waals surface area contributed by atoms with E-state index in [-0.39, 0.29) is 11.9 Å². The van der Waals surface area contributed by atoms with E-state index in [9.17, 15) is 4.79 Å². The fourth-order valence-electron chi connectivity index (χ4n) is 4.03. The molecule has 2 aromatic carbocycles. The number of benzene rings is 2. The van der Waals surface area contributed by atoms with Gasteiger partial charge in [-0.2, -0.15) is 0 Å². The molecule has 34 heavy (non-hydrogen) atoms. The molecule has 1 amide bonds. The second-order valence-electron chi connectivity index (χ2n) is 8.01. The van der Waals surface area contributed by atoms with Crippen LogP contribution in [0.3, 0.4) is 0 Å². The summed E-state index contributed by atoms with van der Waals surface area (Å²) in [6, 6.07) is 15.1. The summed E-state index contributed by atoms with van der Waals surface area (Å²) in [6.45, 7) is 6.89. The predicted molar refractivity (Wildman–Crippen MR) is 127 cm³/mol. The summed E-state index contributed by atoms with van der Waals surface area (Å²) in [4.78, 5) is 21.3. The van der Waals surface area contributed by atoms with Gasteiger partial charge in [-0.05, 0) is 68.8 Å². The number of hydrogen-bond acceptors (Lipinski definition) is 6. The molecule has 1 N–H and O–H groups in total. The minimum atomic E-state index is -0.181. The Bertz CT molecular complexity index is 1360. The lowest BCUT2D eigenvalue weighted by Crippen LogP contribution is -2.16. The van der Waals surface area contributed by atoms with Crippen molar-refractivity contribution in [3.8, 4) is 28.9 Å². The van der Waals surface area contributed by atoms with Gasteiger partial charge < -0.3 is 24.1 Å². The summed E-state index contributed by atoms with van der Waals surface area (Å²) in [7, 11) is 0. The topological polar surface area (TPSA) is 87.5 Å². The first-order valence-electron chi connectivity index (χ1n) is 11.0. The van der Waals surface area contributed by atoms with Gasteiger partial charge in [-0.3, -0.25) is 4.79 Å². The van der Waals surface area contributed by atoms with Crippen molar-refractivity contribution >= 4 is 11.6 Å². The van der Waals surface area contributed by atoms with Crippen molar-refractivity contribution < 1.29 is 19.0 Å². The van der Waals surface area contributed by atoms with Crippen molar-refractivity contribution in [2.24, 2.45) is 0 Å². The fourth-order valence-corrected chi connectivity index (χ4v) is 4.03. The summed E-state index contributed by atoms with van der Waals surface area (Å²) >= 11 is 0. The summed E-state index contributed by atoms with van der Waals surface area (Å²) in [5.41, 5.74) is 4.87. The molecule has 5 rings (SSSR count). The number of ether oxygens (including phenoxy) is 3. The van der Waals surface area contributed by atoms with Crippen LogP contribution in [0.2, 0.25) is 0 Å². The van der Waals surface area contributed by atoms with Gasteiger partial charge in [0, 0.05) is 41.2 Å². The van der Waals surface area contributed by atoms with Crippen molar-refractivity contribution in [1.29, 1.82) is 0 Å². The van der Waals surface area contributed by atoms with Crippen molar-refractivity contribution in [3.63, 3.8) is 0 Å². The predicted octanol–water partition coefficient (Wildman–Crippen LogP) is 5.01. The highest BCUT2D eigenvalue weighted by molar-refractivity contribution is 6.05. The number of carbonyl (C=O) groups is 1. The highest BCUT2D eigenvalue weighted by Gasteiger charge is 2.19. The molecule has 0 saturated heterocycles. The lowest BCUT2D eigenvalue weighted by atomic mass is 10.1. The molecule has 0 unspecified atom stereocenters. The lowest BCUT2D eigenvalue weighted by molar-refractivity contribution is 0.102. The minimum absolute atomic E-state index is 0.181. The third-order valence-electron chi connectivity index (χ3n) is 5.66. The highest BCUT2D eigenvalue weighted by atomic mass is 16.6. The van der Waals surface area contributed by atoms with Crippen molar-refractivity contribution in [2.45, 2.75) is 20.8 Å². The Morgan fingerprint density at radius 2 is 1.74 bits per heavy atom. The van der Waals surface area contributed by atoms with Gasteiger partial charge in [-0.25, -0.2) is 9.97 Å². The van der Waals surface area contributed by atoms with E-state index in [1.807, 2.05) is 61.7 Å². The van der Waals surface area contributed by atoms with Crippen LogP contribution in [-0.2, 0) is 0 Å². The number of anilines is 1. The highest BCUT2D eigenvalue weighted by Crippen LogP contribution is 2.34. The number of hydrogen-bond donors (Lipinski definition) is 1. The molecule has 0 saturated carbocycles. The summed E-state index contributed by atoms with van der Waals surface area (Å²) in [5.74, 6) is 1.86. The van der Waals surface area contributed by atoms with Gasteiger partial charge in [0.15, 0.2) is 11.5 Å². The van der Waals surface area contributed by atoms with E-state index in [1.165, 1.54) is 0 Å². The van der Waals surface area contributed by atoms with Crippen LogP contribution in [0, 0.1) is 20.8 Å². The molecule has 0 aliphatic carbocycles. The molecule has 2 aromatic heterocycles. The average Bonchev–Trinajstić information content (AvgIpc) is 3.15. The van der Waals surface area contributed by atoms with Gasteiger partial charge in [0.25, 0.3) is 5.91 Å². The molecule has 8 nitrogen and oxygen atoms in total. The Kier molecular flexibility index (Phi) is 5.63. The lowest BCUT2D eigenvalue weighted by Gasteiger charge is -2.20.